The van der Waals surface area contributed by atoms with E-state index in [4.69, 9.17) is 0 Å². The highest BCUT2D eigenvalue weighted by molar-refractivity contribution is 9.10. The van der Waals surface area contributed by atoms with Crippen molar-refractivity contribution in [2.45, 2.75) is 43.7 Å². The van der Waals surface area contributed by atoms with Crippen LogP contribution in [0.25, 0.3) is 0 Å². The highest BCUT2D eigenvalue weighted by atomic mass is 79.9. The molecule has 1 N–H and O–H groups in total. The van der Waals surface area contributed by atoms with Gasteiger partial charge in [-0.1, -0.05) is 34.5 Å². The minimum atomic E-state index is -0.506. The molecule has 2 fully saturated rings. The largest absolute Gasteiger partial charge is 0.388 e. The lowest BCUT2D eigenvalue weighted by molar-refractivity contribution is -0.00886. The molecule has 2 atom stereocenters. The second kappa shape index (κ2) is 4.95. The van der Waals surface area contributed by atoms with Crippen LogP contribution >= 0.6 is 15.9 Å². The SMILES string of the molecule is OC1(Cc2ccc(Br)cc2)CCN2CCCCC21. The van der Waals surface area contributed by atoms with E-state index in [2.05, 4.69) is 45.1 Å². The lowest BCUT2D eigenvalue weighted by Crippen LogP contribution is -2.48. The highest BCUT2D eigenvalue weighted by Gasteiger charge is 2.46. The van der Waals surface area contributed by atoms with Crippen molar-refractivity contribution in [3.8, 4) is 0 Å². The van der Waals surface area contributed by atoms with E-state index in [1.165, 1.54) is 24.9 Å². The summed E-state index contributed by atoms with van der Waals surface area (Å²) in [6.07, 6.45) is 5.44. The molecule has 1 aromatic rings. The molecule has 1 aromatic carbocycles. The number of hydrogen-bond donors (Lipinski definition) is 1. The van der Waals surface area contributed by atoms with Crippen molar-refractivity contribution >= 4 is 15.9 Å². The van der Waals surface area contributed by atoms with Crippen LogP contribution in [0.3, 0.4) is 0 Å². The van der Waals surface area contributed by atoms with E-state index in [0.717, 1.165) is 30.3 Å². The number of fused-ring (bicyclic) bond motifs is 1. The zero-order chi connectivity index (χ0) is 12.6. The Bertz CT molecular complexity index is 419. The van der Waals surface area contributed by atoms with Gasteiger partial charge in [-0.3, -0.25) is 4.90 Å². The van der Waals surface area contributed by atoms with E-state index in [1.807, 2.05) is 0 Å². The molecule has 0 spiro atoms. The van der Waals surface area contributed by atoms with Gasteiger partial charge in [0.1, 0.15) is 0 Å². The molecule has 2 saturated heterocycles. The van der Waals surface area contributed by atoms with Gasteiger partial charge in [-0.05, 0) is 43.5 Å². The Morgan fingerprint density at radius 3 is 2.78 bits per heavy atom. The van der Waals surface area contributed by atoms with Gasteiger partial charge in [0.25, 0.3) is 0 Å². The third-order valence-electron chi connectivity index (χ3n) is 4.49. The maximum Gasteiger partial charge on any atom is 0.0854 e. The molecule has 18 heavy (non-hydrogen) atoms. The third-order valence-corrected chi connectivity index (χ3v) is 5.02. The average Bonchev–Trinajstić information content (AvgIpc) is 2.71. The first-order chi connectivity index (χ1) is 8.67. The van der Waals surface area contributed by atoms with Gasteiger partial charge >= 0.3 is 0 Å². The van der Waals surface area contributed by atoms with Crippen molar-refractivity contribution in [1.29, 1.82) is 0 Å². The lowest BCUT2D eigenvalue weighted by Gasteiger charge is -2.37. The quantitative estimate of drug-likeness (QED) is 0.908. The topological polar surface area (TPSA) is 23.5 Å². The normalized spacial score (nSPS) is 32.4. The molecule has 2 aliphatic heterocycles. The van der Waals surface area contributed by atoms with Crippen LogP contribution in [0, 0.1) is 0 Å². The van der Waals surface area contributed by atoms with E-state index in [1.54, 1.807) is 0 Å². The first kappa shape index (κ1) is 12.6. The summed E-state index contributed by atoms with van der Waals surface area (Å²) in [6, 6.07) is 8.74. The monoisotopic (exact) mass is 309 g/mol. The molecule has 0 saturated carbocycles. The van der Waals surface area contributed by atoms with E-state index in [9.17, 15) is 5.11 Å². The van der Waals surface area contributed by atoms with Gasteiger partial charge < -0.3 is 5.11 Å². The van der Waals surface area contributed by atoms with Gasteiger partial charge in [-0.2, -0.15) is 0 Å². The zero-order valence-corrected chi connectivity index (χ0v) is 12.2. The summed E-state index contributed by atoms with van der Waals surface area (Å²) in [7, 11) is 0. The first-order valence-electron chi connectivity index (χ1n) is 6.88. The molecule has 2 heterocycles. The number of nitrogens with zero attached hydrogens (tertiary/aromatic N) is 1. The highest BCUT2D eigenvalue weighted by Crippen LogP contribution is 2.37. The Morgan fingerprint density at radius 1 is 1.22 bits per heavy atom. The summed E-state index contributed by atoms with van der Waals surface area (Å²) < 4.78 is 1.10. The van der Waals surface area contributed by atoms with Crippen LogP contribution in [-0.4, -0.2) is 34.7 Å². The number of piperidine rings is 1. The fourth-order valence-corrected chi connectivity index (χ4v) is 3.80. The van der Waals surface area contributed by atoms with E-state index < -0.39 is 5.60 Å². The standard InChI is InChI=1S/C15H20BrNO/c16-13-6-4-12(5-7-13)11-15(18)8-10-17-9-2-1-3-14(15)17/h4-7,14,18H,1-3,8-11H2. The van der Waals surface area contributed by atoms with Crippen LogP contribution < -0.4 is 0 Å². The maximum atomic E-state index is 11.0. The summed E-state index contributed by atoms with van der Waals surface area (Å²) in [6.45, 7) is 2.24. The van der Waals surface area contributed by atoms with Crippen molar-refractivity contribution in [3.63, 3.8) is 0 Å². The van der Waals surface area contributed by atoms with Crippen LogP contribution in [0.2, 0.25) is 0 Å². The zero-order valence-electron chi connectivity index (χ0n) is 10.6. The minimum absolute atomic E-state index is 0.384. The van der Waals surface area contributed by atoms with Crippen molar-refractivity contribution in [3.05, 3.63) is 34.3 Å². The van der Waals surface area contributed by atoms with Gasteiger partial charge in [0, 0.05) is 23.5 Å². The van der Waals surface area contributed by atoms with Crippen molar-refractivity contribution in [1.82, 2.24) is 4.90 Å². The molecule has 0 radical (unpaired) electrons. The molecule has 2 nitrogen and oxygen atoms in total. The van der Waals surface area contributed by atoms with Crippen LogP contribution in [0.1, 0.15) is 31.2 Å². The molecule has 0 bridgehead atoms. The van der Waals surface area contributed by atoms with E-state index in [-0.39, 0.29) is 0 Å². The smallest absolute Gasteiger partial charge is 0.0854 e. The average molecular weight is 310 g/mol. The summed E-state index contributed by atoms with van der Waals surface area (Å²) in [4.78, 5) is 2.49. The Balaban J connectivity index is 1.76. The Kier molecular flexibility index (Phi) is 3.48. The van der Waals surface area contributed by atoms with Crippen molar-refractivity contribution in [2.75, 3.05) is 13.1 Å². The van der Waals surface area contributed by atoms with Crippen LogP contribution in [0.5, 0.6) is 0 Å². The first-order valence-corrected chi connectivity index (χ1v) is 7.68. The molecule has 3 rings (SSSR count). The molecular formula is C15H20BrNO. The van der Waals surface area contributed by atoms with E-state index >= 15 is 0 Å². The Labute approximate surface area is 117 Å². The Hall–Kier alpha value is -0.380. The summed E-state index contributed by atoms with van der Waals surface area (Å²) in [5.41, 5.74) is 0.738. The van der Waals surface area contributed by atoms with Crippen LogP contribution in [0.4, 0.5) is 0 Å². The number of benzene rings is 1. The maximum absolute atomic E-state index is 11.0. The predicted octanol–water partition coefficient (Wildman–Crippen LogP) is 2.98. The Morgan fingerprint density at radius 2 is 2.00 bits per heavy atom. The van der Waals surface area contributed by atoms with E-state index in [0.29, 0.717) is 6.04 Å². The molecule has 3 heteroatoms. The van der Waals surface area contributed by atoms with Crippen LogP contribution in [0.15, 0.2) is 28.7 Å². The third kappa shape index (κ3) is 2.36. The minimum Gasteiger partial charge on any atom is -0.388 e. The summed E-state index contributed by atoms with van der Waals surface area (Å²) in [5.74, 6) is 0. The van der Waals surface area contributed by atoms with Gasteiger partial charge in [0.2, 0.25) is 0 Å². The summed E-state index contributed by atoms with van der Waals surface area (Å²) >= 11 is 3.46. The fraction of sp³-hybridized carbons (Fsp3) is 0.600. The molecule has 2 unspecified atom stereocenters. The molecular weight excluding hydrogens is 290 g/mol. The fourth-order valence-electron chi connectivity index (χ4n) is 3.53. The molecule has 0 aliphatic carbocycles. The van der Waals surface area contributed by atoms with Gasteiger partial charge in [0.15, 0.2) is 0 Å². The second-order valence-corrected chi connectivity index (χ2v) is 6.62. The molecule has 2 aliphatic rings. The number of halogens is 1. The van der Waals surface area contributed by atoms with Gasteiger partial charge in [-0.25, -0.2) is 0 Å². The number of aliphatic hydroxyl groups is 1. The molecule has 0 aromatic heterocycles. The van der Waals surface area contributed by atoms with Crippen molar-refractivity contribution in [2.24, 2.45) is 0 Å². The van der Waals surface area contributed by atoms with Gasteiger partial charge in [-0.15, -0.1) is 0 Å². The van der Waals surface area contributed by atoms with Crippen molar-refractivity contribution < 1.29 is 5.11 Å². The van der Waals surface area contributed by atoms with Gasteiger partial charge in [0.05, 0.1) is 5.60 Å². The second-order valence-electron chi connectivity index (χ2n) is 5.70. The molecule has 98 valence electrons. The number of rotatable bonds is 2. The van der Waals surface area contributed by atoms with Crippen LogP contribution in [-0.2, 0) is 6.42 Å². The number of hydrogen-bond acceptors (Lipinski definition) is 2. The predicted molar refractivity (Wildman–Crippen MR) is 76.6 cm³/mol. The summed E-state index contributed by atoms with van der Waals surface area (Å²) in [5, 5.41) is 11.0. The lowest BCUT2D eigenvalue weighted by atomic mass is 9.84. The molecule has 0 amide bonds.